The zero-order chi connectivity index (χ0) is 21.0. The van der Waals surface area contributed by atoms with Crippen molar-refractivity contribution in [2.75, 3.05) is 49.5 Å². The van der Waals surface area contributed by atoms with Gasteiger partial charge in [-0.1, -0.05) is 0 Å². The Kier molecular flexibility index (Phi) is 6.53. The Bertz CT molecular complexity index is 962. The summed E-state index contributed by atoms with van der Waals surface area (Å²) in [4.78, 5) is 10.8. The van der Waals surface area contributed by atoms with Crippen LogP contribution in [0.5, 0.6) is 5.75 Å². The predicted molar refractivity (Wildman–Crippen MR) is 109 cm³/mol. The monoisotopic (exact) mass is 423 g/mol. The second-order valence-electron chi connectivity index (χ2n) is 6.64. The molecule has 1 saturated heterocycles. The largest absolute Gasteiger partial charge is 0.491 e. The van der Waals surface area contributed by atoms with E-state index in [1.54, 1.807) is 6.92 Å². The Balaban J connectivity index is 1.72. The number of anilines is 2. The van der Waals surface area contributed by atoms with E-state index < -0.39 is 15.8 Å². The summed E-state index contributed by atoms with van der Waals surface area (Å²) in [6.45, 7) is 8.18. The Morgan fingerprint density at radius 1 is 1.14 bits per heavy atom. The molecule has 1 N–H and O–H groups in total. The van der Waals surface area contributed by atoms with Gasteiger partial charge in [-0.05, 0) is 39.0 Å². The third-order valence-electron chi connectivity index (χ3n) is 4.58. The molecule has 8 nitrogen and oxygen atoms in total. The van der Waals surface area contributed by atoms with E-state index in [1.807, 2.05) is 24.8 Å². The first-order valence-corrected chi connectivity index (χ1v) is 11.1. The number of benzene rings is 1. The topological polar surface area (TPSA) is 87.7 Å². The third-order valence-corrected chi connectivity index (χ3v) is 6.47. The average Bonchev–Trinajstić information content (AvgIpc) is 2.69. The minimum absolute atomic E-state index is 0.0480. The molecular formula is C19H26FN5O3S. The molecule has 1 aromatic heterocycles. The van der Waals surface area contributed by atoms with Crippen molar-refractivity contribution in [3.05, 3.63) is 35.8 Å². The summed E-state index contributed by atoms with van der Waals surface area (Å²) in [5.74, 6) is 0.686. The van der Waals surface area contributed by atoms with Crippen LogP contribution in [0.3, 0.4) is 0 Å². The zero-order valence-corrected chi connectivity index (χ0v) is 17.7. The third kappa shape index (κ3) is 4.76. The summed E-state index contributed by atoms with van der Waals surface area (Å²) < 4.78 is 46.5. The first-order valence-electron chi connectivity index (χ1n) is 9.62. The van der Waals surface area contributed by atoms with Crippen molar-refractivity contribution in [1.29, 1.82) is 0 Å². The van der Waals surface area contributed by atoms with Gasteiger partial charge in [-0.2, -0.15) is 9.29 Å². The number of halogens is 1. The van der Waals surface area contributed by atoms with E-state index in [9.17, 15) is 12.8 Å². The summed E-state index contributed by atoms with van der Waals surface area (Å²) in [5.41, 5.74) is 0.839. The van der Waals surface area contributed by atoms with Crippen LogP contribution in [0, 0.1) is 12.7 Å². The van der Waals surface area contributed by atoms with Crippen molar-refractivity contribution in [3.63, 3.8) is 0 Å². The molecular weight excluding hydrogens is 397 g/mol. The van der Waals surface area contributed by atoms with Crippen LogP contribution in [-0.2, 0) is 10.0 Å². The van der Waals surface area contributed by atoms with Gasteiger partial charge >= 0.3 is 0 Å². The number of aryl methyl sites for hydroxylation is 1. The molecule has 2 heterocycles. The van der Waals surface area contributed by atoms with Crippen LogP contribution >= 0.6 is 0 Å². The van der Waals surface area contributed by atoms with Gasteiger partial charge in [0.1, 0.15) is 5.82 Å². The van der Waals surface area contributed by atoms with E-state index in [1.165, 1.54) is 16.4 Å². The molecule has 1 fully saturated rings. The van der Waals surface area contributed by atoms with Gasteiger partial charge in [-0.3, -0.25) is 0 Å². The standard InChI is InChI=1S/C19H26FN5O3S/c1-4-21-19-22-14(3)12-18(23-19)24-8-10-25(11-9-24)29(26,27)15-6-7-17(28-5-2)16(20)13-15/h6-7,12-13H,4-5,8-11H2,1-3H3,(H,21,22,23). The Labute approximate surface area is 170 Å². The van der Waals surface area contributed by atoms with E-state index in [-0.39, 0.29) is 23.7 Å². The summed E-state index contributed by atoms with van der Waals surface area (Å²) >= 11 is 0. The van der Waals surface area contributed by atoms with Gasteiger partial charge in [-0.25, -0.2) is 17.8 Å². The number of hydrogen-bond acceptors (Lipinski definition) is 7. The van der Waals surface area contributed by atoms with Gasteiger partial charge in [-0.15, -0.1) is 0 Å². The maximum Gasteiger partial charge on any atom is 0.243 e. The fourth-order valence-corrected chi connectivity index (χ4v) is 4.61. The van der Waals surface area contributed by atoms with Crippen molar-refractivity contribution in [2.45, 2.75) is 25.7 Å². The van der Waals surface area contributed by atoms with Gasteiger partial charge in [0, 0.05) is 44.5 Å². The lowest BCUT2D eigenvalue weighted by molar-refractivity contribution is 0.321. The summed E-state index contributed by atoms with van der Waals surface area (Å²) in [6, 6.07) is 5.64. The van der Waals surface area contributed by atoms with E-state index in [4.69, 9.17) is 4.74 Å². The summed E-state index contributed by atoms with van der Waals surface area (Å²) in [5, 5.41) is 3.10. The zero-order valence-electron chi connectivity index (χ0n) is 16.9. The molecule has 0 aliphatic carbocycles. The first-order chi connectivity index (χ1) is 13.8. The highest BCUT2D eigenvalue weighted by atomic mass is 32.2. The fraction of sp³-hybridized carbons (Fsp3) is 0.474. The molecule has 0 amide bonds. The van der Waals surface area contributed by atoms with E-state index in [0.717, 1.165) is 17.6 Å². The van der Waals surface area contributed by atoms with Gasteiger partial charge < -0.3 is 15.0 Å². The highest BCUT2D eigenvalue weighted by Crippen LogP contribution is 2.25. The van der Waals surface area contributed by atoms with Crippen LogP contribution in [0.1, 0.15) is 19.5 Å². The Morgan fingerprint density at radius 3 is 2.48 bits per heavy atom. The average molecular weight is 424 g/mol. The molecule has 3 rings (SSSR count). The number of piperazine rings is 1. The molecule has 1 aromatic carbocycles. The number of ether oxygens (including phenoxy) is 1. The Morgan fingerprint density at radius 2 is 1.86 bits per heavy atom. The minimum atomic E-state index is -3.78. The maximum absolute atomic E-state index is 14.1. The molecule has 1 aliphatic heterocycles. The highest BCUT2D eigenvalue weighted by molar-refractivity contribution is 7.89. The lowest BCUT2D eigenvalue weighted by Crippen LogP contribution is -2.49. The van der Waals surface area contributed by atoms with Crippen molar-refractivity contribution >= 4 is 21.8 Å². The lowest BCUT2D eigenvalue weighted by atomic mass is 10.3. The predicted octanol–water partition coefficient (Wildman–Crippen LogP) is 2.27. The van der Waals surface area contributed by atoms with E-state index in [2.05, 4.69) is 15.3 Å². The van der Waals surface area contributed by atoms with Crippen LogP contribution in [0.2, 0.25) is 0 Å². The molecule has 0 radical (unpaired) electrons. The first kappa shape index (κ1) is 21.3. The van der Waals surface area contributed by atoms with Gasteiger partial charge in [0.05, 0.1) is 11.5 Å². The van der Waals surface area contributed by atoms with Crippen LogP contribution in [0.15, 0.2) is 29.2 Å². The molecule has 10 heteroatoms. The smallest absolute Gasteiger partial charge is 0.243 e. The van der Waals surface area contributed by atoms with Crippen molar-refractivity contribution in [3.8, 4) is 5.75 Å². The lowest BCUT2D eigenvalue weighted by Gasteiger charge is -2.34. The molecule has 158 valence electrons. The van der Waals surface area contributed by atoms with Crippen molar-refractivity contribution in [2.24, 2.45) is 0 Å². The van der Waals surface area contributed by atoms with E-state index >= 15 is 0 Å². The molecule has 2 aromatic rings. The van der Waals surface area contributed by atoms with Crippen LogP contribution in [-0.4, -0.2) is 62.0 Å². The second kappa shape index (κ2) is 8.91. The molecule has 1 aliphatic rings. The number of rotatable bonds is 7. The van der Waals surface area contributed by atoms with Crippen LogP contribution in [0.4, 0.5) is 16.2 Å². The number of sulfonamides is 1. The SMILES string of the molecule is CCNc1nc(C)cc(N2CCN(S(=O)(=O)c3ccc(OCC)c(F)c3)CC2)n1. The number of nitrogens with one attached hydrogen (secondary N) is 1. The van der Waals surface area contributed by atoms with Crippen LogP contribution in [0.25, 0.3) is 0 Å². The molecule has 0 atom stereocenters. The number of aromatic nitrogens is 2. The highest BCUT2D eigenvalue weighted by Gasteiger charge is 2.30. The number of hydrogen-bond donors (Lipinski definition) is 1. The minimum Gasteiger partial charge on any atom is -0.491 e. The second-order valence-corrected chi connectivity index (χ2v) is 8.58. The van der Waals surface area contributed by atoms with Gasteiger partial charge in [0.15, 0.2) is 11.6 Å². The van der Waals surface area contributed by atoms with Gasteiger partial charge in [0.25, 0.3) is 0 Å². The van der Waals surface area contributed by atoms with Crippen LogP contribution < -0.4 is 15.0 Å². The Hall–Kier alpha value is -2.46. The van der Waals surface area contributed by atoms with Gasteiger partial charge in [0.2, 0.25) is 16.0 Å². The molecule has 0 spiro atoms. The quantitative estimate of drug-likeness (QED) is 0.731. The van der Waals surface area contributed by atoms with Crippen molar-refractivity contribution < 1.29 is 17.5 Å². The molecule has 29 heavy (non-hydrogen) atoms. The molecule has 0 unspecified atom stereocenters. The fourth-order valence-electron chi connectivity index (χ4n) is 3.17. The molecule has 0 saturated carbocycles. The normalized spacial score (nSPS) is 15.4. The summed E-state index contributed by atoms with van der Waals surface area (Å²) in [7, 11) is -3.78. The number of nitrogens with zero attached hydrogens (tertiary/aromatic N) is 4. The maximum atomic E-state index is 14.1. The molecule has 0 bridgehead atoms. The summed E-state index contributed by atoms with van der Waals surface area (Å²) in [6.07, 6.45) is 0. The van der Waals surface area contributed by atoms with E-state index in [0.29, 0.717) is 32.2 Å². The van der Waals surface area contributed by atoms with Crippen molar-refractivity contribution in [1.82, 2.24) is 14.3 Å².